The van der Waals surface area contributed by atoms with E-state index in [1.807, 2.05) is 45.0 Å². The fourth-order valence-corrected chi connectivity index (χ4v) is 4.13. The van der Waals surface area contributed by atoms with Crippen LogP contribution < -0.4 is 0 Å². The van der Waals surface area contributed by atoms with Crippen molar-refractivity contribution < 1.29 is 14.6 Å². The van der Waals surface area contributed by atoms with Crippen molar-refractivity contribution in [1.82, 2.24) is 4.90 Å². The molecule has 25 heavy (non-hydrogen) atoms. The molecule has 0 saturated carbocycles. The van der Waals surface area contributed by atoms with Gasteiger partial charge in [-0.3, -0.25) is 0 Å². The first-order chi connectivity index (χ1) is 11.8. The minimum Gasteiger partial charge on any atom is -0.444 e. The van der Waals surface area contributed by atoms with E-state index in [2.05, 4.69) is 18.2 Å². The highest BCUT2D eigenvalue weighted by molar-refractivity contribution is 7.15. The molecular weight excluding hydrogens is 334 g/mol. The summed E-state index contributed by atoms with van der Waals surface area (Å²) in [7, 11) is 0. The highest BCUT2D eigenvalue weighted by Crippen LogP contribution is 2.40. The van der Waals surface area contributed by atoms with Crippen molar-refractivity contribution in [3.05, 3.63) is 47.3 Å². The van der Waals surface area contributed by atoms with Gasteiger partial charge < -0.3 is 14.7 Å². The van der Waals surface area contributed by atoms with E-state index < -0.39 is 11.2 Å². The normalized spacial score (nSPS) is 17.4. The summed E-state index contributed by atoms with van der Waals surface area (Å²) in [5.41, 5.74) is -0.201. The van der Waals surface area contributed by atoms with E-state index in [0.29, 0.717) is 25.9 Å². The molecule has 0 radical (unpaired) electrons. The molecule has 0 atom stereocenters. The van der Waals surface area contributed by atoms with Gasteiger partial charge in [0.05, 0.1) is 0 Å². The molecule has 1 amide bonds. The lowest BCUT2D eigenvalue weighted by Crippen LogP contribution is -2.46. The summed E-state index contributed by atoms with van der Waals surface area (Å²) in [6.45, 7) is 6.60. The number of thiophene rings is 1. The second-order valence-electron chi connectivity index (χ2n) is 7.53. The van der Waals surface area contributed by atoms with E-state index >= 15 is 0 Å². The lowest BCUT2D eigenvalue weighted by Gasteiger charge is -2.38. The largest absolute Gasteiger partial charge is 0.444 e. The highest BCUT2D eigenvalue weighted by atomic mass is 32.1. The Balaban J connectivity index is 1.67. The standard InChI is InChI=1S/C20H25NO3S/c1-19(2,3)24-18(22)21-13-11-20(23,12-14-21)17-10-9-16(25-17)15-7-5-4-6-8-15/h4-10,23H,11-14H2,1-3H3. The second kappa shape index (κ2) is 6.81. The Morgan fingerprint density at radius 3 is 2.36 bits per heavy atom. The molecule has 1 aromatic heterocycles. The van der Waals surface area contributed by atoms with Crippen LogP contribution in [0, 0.1) is 0 Å². The number of hydrogen-bond donors (Lipinski definition) is 1. The van der Waals surface area contributed by atoms with Crippen molar-refractivity contribution in [1.29, 1.82) is 0 Å². The zero-order valence-corrected chi connectivity index (χ0v) is 15.8. The number of amides is 1. The predicted octanol–water partition coefficient (Wildman–Crippen LogP) is 4.63. The van der Waals surface area contributed by atoms with Crippen LogP contribution in [-0.2, 0) is 10.3 Å². The summed E-state index contributed by atoms with van der Waals surface area (Å²) in [5.74, 6) is 0. The van der Waals surface area contributed by atoms with E-state index in [0.717, 1.165) is 15.3 Å². The predicted molar refractivity (Wildman–Crippen MR) is 101 cm³/mol. The number of piperidine rings is 1. The third kappa shape index (κ3) is 4.22. The van der Waals surface area contributed by atoms with Gasteiger partial charge in [-0.1, -0.05) is 30.3 Å². The topological polar surface area (TPSA) is 49.8 Å². The van der Waals surface area contributed by atoms with Crippen LogP contribution in [0.1, 0.15) is 38.5 Å². The summed E-state index contributed by atoms with van der Waals surface area (Å²) < 4.78 is 5.42. The Labute approximate surface area is 153 Å². The van der Waals surface area contributed by atoms with E-state index in [1.165, 1.54) is 0 Å². The van der Waals surface area contributed by atoms with E-state index in [1.54, 1.807) is 16.2 Å². The molecule has 1 aliphatic rings. The average Bonchev–Trinajstić information content (AvgIpc) is 3.05. The third-order valence-corrected chi connectivity index (χ3v) is 5.69. The number of ether oxygens (including phenoxy) is 1. The molecule has 3 rings (SSSR count). The smallest absolute Gasteiger partial charge is 0.410 e. The minimum atomic E-state index is -0.865. The number of carbonyl (C=O) groups excluding carboxylic acids is 1. The van der Waals surface area contributed by atoms with Crippen molar-refractivity contribution in [3.63, 3.8) is 0 Å². The lowest BCUT2D eigenvalue weighted by molar-refractivity contribution is -0.0335. The highest BCUT2D eigenvalue weighted by Gasteiger charge is 2.37. The molecule has 1 aromatic carbocycles. The monoisotopic (exact) mass is 359 g/mol. The number of hydrogen-bond acceptors (Lipinski definition) is 4. The molecule has 2 aromatic rings. The van der Waals surface area contributed by atoms with Gasteiger partial charge in [-0.2, -0.15) is 0 Å². The number of benzene rings is 1. The van der Waals surface area contributed by atoms with Crippen LogP contribution in [-0.4, -0.2) is 34.8 Å². The zero-order chi connectivity index (χ0) is 18.1. The van der Waals surface area contributed by atoms with E-state index in [9.17, 15) is 9.90 Å². The Hall–Kier alpha value is -1.85. The van der Waals surface area contributed by atoms with E-state index in [4.69, 9.17) is 4.74 Å². The summed E-state index contributed by atoms with van der Waals surface area (Å²) in [6, 6.07) is 14.3. The quantitative estimate of drug-likeness (QED) is 0.850. The summed E-state index contributed by atoms with van der Waals surface area (Å²) in [5, 5.41) is 11.1. The van der Waals surface area contributed by atoms with Crippen LogP contribution in [0.5, 0.6) is 0 Å². The van der Waals surface area contributed by atoms with Crippen molar-refractivity contribution in [2.75, 3.05) is 13.1 Å². The van der Waals surface area contributed by atoms with Crippen LogP contribution in [0.25, 0.3) is 10.4 Å². The molecule has 4 nitrogen and oxygen atoms in total. The first-order valence-electron chi connectivity index (χ1n) is 8.63. The zero-order valence-electron chi connectivity index (χ0n) is 15.0. The summed E-state index contributed by atoms with van der Waals surface area (Å²) in [6.07, 6.45) is 0.757. The van der Waals surface area contributed by atoms with Crippen molar-refractivity contribution in [3.8, 4) is 10.4 Å². The number of aliphatic hydroxyl groups is 1. The van der Waals surface area contributed by atoms with Gasteiger partial charge in [0.1, 0.15) is 11.2 Å². The van der Waals surface area contributed by atoms with Crippen molar-refractivity contribution in [2.24, 2.45) is 0 Å². The Morgan fingerprint density at radius 2 is 1.76 bits per heavy atom. The molecule has 0 unspecified atom stereocenters. The van der Waals surface area contributed by atoms with Gasteiger partial charge in [-0.05, 0) is 51.3 Å². The molecule has 1 N–H and O–H groups in total. The van der Waals surface area contributed by atoms with Crippen LogP contribution in [0.15, 0.2) is 42.5 Å². The Kier molecular flexibility index (Phi) is 4.89. The van der Waals surface area contributed by atoms with Gasteiger partial charge >= 0.3 is 6.09 Å². The maximum Gasteiger partial charge on any atom is 0.410 e. The molecule has 0 bridgehead atoms. The third-order valence-electron chi connectivity index (χ3n) is 4.37. The molecule has 0 aliphatic carbocycles. The summed E-state index contributed by atoms with van der Waals surface area (Å²) in [4.78, 5) is 16.0. The Bertz CT molecular complexity index is 725. The first kappa shape index (κ1) is 18.0. The molecule has 5 heteroatoms. The van der Waals surface area contributed by atoms with Gasteiger partial charge in [-0.25, -0.2) is 4.79 Å². The van der Waals surface area contributed by atoms with Crippen molar-refractivity contribution in [2.45, 2.75) is 44.8 Å². The van der Waals surface area contributed by atoms with E-state index in [-0.39, 0.29) is 6.09 Å². The molecule has 0 spiro atoms. The lowest BCUT2D eigenvalue weighted by atomic mass is 9.90. The number of carbonyl (C=O) groups is 1. The maximum absolute atomic E-state index is 12.2. The Morgan fingerprint density at radius 1 is 1.12 bits per heavy atom. The molecule has 1 fully saturated rings. The number of nitrogens with zero attached hydrogens (tertiary/aromatic N) is 1. The van der Waals surface area contributed by atoms with Crippen LogP contribution >= 0.6 is 11.3 Å². The fraction of sp³-hybridized carbons (Fsp3) is 0.450. The molecule has 2 heterocycles. The maximum atomic E-state index is 12.2. The van der Waals surface area contributed by atoms with Gasteiger partial charge in [0.15, 0.2) is 0 Å². The van der Waals surface area contributed by atoms with Crippen LogP contribution in [0.4, 0.5) is 4.79 Å². The number of rotatable bonds is 2. The molecule has 1 aliphatic heterocycles. The SMILES string of the molecule is CC(C)(C)OC(=O)N1CCC(O)(c2ccc(-c3ccccc3)s2)CC1. The summed E-state index contributed by atoms with van der Waals surface area (Å²) >= 11 is 1.63. The first-order valence-corrected chi connectivity index (χ1v) is 9.45. The minimum absolute atomic E-state index is 0.300. The second-order valence-corrected chi connectivity index (χ2v) is 8.61. The number of likely N-dealkylation sites (tertiary alicyclic amines) is 1. The fourth-order valence-electron chi connectivity index (χ4n) is 2.98. The van der Waals surface area contributed by atoms with Gasteiger partial charge in [0.2, 0.25) is 0 Å². The van der Waals surface area contributed by atoms with Gasteiger partial charge in [-0.15, -0.1) is 11.3 Å². The van der Waals surface area contributed by atoms with Crippen LogP contribution in [0.2, 0.25) is 0 Å². The molecule has 1 saturated heterocycles. The van der Waals surface area contributed by atoms with Crippen LogP contribution in [0.3, 0.4) is 0 Å². The van der Waals surface area contributed by atoms with Gasteiger partial charge in [0.25, 0.3) is 0 Å². The van der Waals surface area contributed by atoms with Gasteiger partial charge in [0, 0.05) is 22.8 Å². The molecule has 134 valence electrons. The van der Waals surface area contributed by atoms with Crippen molar-refractivity contribution >= 4 is 17.4 Å². The molecular formula is C20H25NO3S. The average molecular weight is 359 g/mol.